The van der Waals surface area contributed by atoms with Crippen LogP contribution in [-0.4, -0.2) is 35.9 Å². The number of hydrogen-bond donors (Lipinski definition) is 1. The van der Waals surface area contributed by atoms with E-state index in [9.17, 15) is 4.79 Å². The Morgan fingerprint density at radius 3 is 2.76 bits per heavy atom. The molecule has 0 bridgehead atoms. The van der Waals surface area contributed by atoms with Crippen molar-refractivity contribution in [2.45, 2.75) is 20.3 Å². The van der Waals surface area contributed by atoms with Crippen molar-refractivity contribution >= 4 is 5.97 Å². The summed E-state index contributed by atoms with van der Waals surface area (Å²) in [7, 11) is 0. The standard InChI is InChI=1S/C12H17NO4/c1-3-6-16-7-8-17-11-10(12(14)15)5-4-9(2)13-11/h4-5H,3,6-8H2,1-2H3,(H,14,15). The van der Waals surface area contributed by atoms with Crippen LogP contribution in [0.5, 0.6) is 5.88 Å². The maximum atomic E-state index is 10.9. The van der Waals surface area contributed by atoms with Gasteiger partial charge in [-0.3, -0.25) is 0 Å². The molecule has 0 unspecified atom stereocenters. The summed E-state index contributed by atoms with van der Waals surface area (Å²) in [5.41, 5.74) is 0.797. The molecule has 0 saturated heterocycles. The quantitative estimate of drug-likeness (QED) is 0.736. The number of hydrogen-bond acceptors (Lipinski definition) is 4. The van der Waals surface area contributed by atoms with Gasteiger partial charge in [-0.25, -0.2) is 9.78 Å². The molecule has 0 atom stereocenters. The fourth-order valence-electron chi connectivity index (χ4n) is 1.25. The van der Waals surface area contributed by atoms with Gasteiger partial charge in [-0.15, -0.1) is 0 Å². The van der Waals surface area contributed by atoms with Crippen LogP contribution in [0.15, 0.2) is 12.1 Å². The van der Waals surface area contributed by atoms with Crippen LogP contribution in [-0.2, 0) is 4.74 Å². The van der Waals surface area contributed by atoms with Crippen molar-refractivity contribution in [2.75, 3.05) is 19.8 Å². The van der Waals surface area contributed by atoms with Crippen molar-refractivity contribution in [3.8, 4) is 5.88 Å². The summed E-state index contributed by atoms with van der Waals surface area (Å²) in [5.74, 6) is -0.889. The molecule has 0 spiro atoms. The van der Waals surface area contributed by atoms with Crippen molar-refractivity contribution in [1.82, 2.24) is 4.98 Å². The number of nitrogens with zero attached hydrogens (tertiary/aromatic N) is 1. The van der Waals surface area contributed by atoms with Crippen molar-refractivity contribution < 1.29 is 19.4 Å². The second-order valence-corrected chi connectivity index (χ2v) is 3.57. The molecule has 5 heteroatoms. The van der Waals surface area contributed by atoms with Gasteiger partial charge in [0.2, 0.25) is 5.88 Å². The second-order valence-electron chi connectivity index (χ2n) is 3.57. The number of aryl methyl sites for hydroxylation is 1. The minimum atomic E-state index is -1.04. The van der Waals surface area contributed by atoms with E-state index in [1.54, 1.807) is 13.0 Å². The smallest absolute Gasteiger partial charge is 0.341 e. The maximum absolute atomic E-state index is 10.9. The van der Waals surface area contributed by atoms with E-state index in [1.807, 2.05) is 6.92 Å². The number of carboxylic acid groups (broad SMARTS) is 1. The lowest BCUT2D eigenvalue weighted by molar-refractivity contribution is 0.0683. The van der Waals surface area contributed by atoms with Crippen LogP contribution >= 0.6 is 0 Å². The Kier molecular flexibility index (Phi) is 5.42. The van der Waals surface area contributed by atoms with Gasteiger partial charge in [-0.05, 0) is 25.5 Å². The lowest BCUT2D eigenvalue weighted by atomic mass is 10.2. The molecule has 0 aliphatic heterocycles. The number of carboxylic acids is 1. The third kappa shape index (κ3) is 4.40. The molecule has 1 rings (SSSR count). The number of ether oxygens (including phenoxy) is 2. The molecular formula is C12H17NO4. The van der Waals surface area contributed by atoms with Gasteiger partial charge in [0.1, 0.15) is 12.2 Å². The van der Waals surface area contributed by atoms with E-state index < -0.39 is 5.97 Å². The molecule has 0 aromatic carbocycles. The molecule has 0 amide bonds. The maximum Gasteiger partial charge on any atom is 0.341 e. The van der Waals surface area contributed by atoms with E-state index in [2.05, 4.69) is 4.98 Å². The van der Waals surface area contributed by atoms with Gasteiger partial charge in [-0.2, -0.15) is 0 Å². The molecule has 0 radical (unpaired) electrons. The van der Waals surface area contributed by atoms with Gasteiger partial charge in [0.15, 0.2) is 0 Å². The minimum absolute atomic E-state index is 0.0751. The van der Waals surface area contributed by atoms with Crippen LogP contribution in [0.3, 0.4) is 0 Å². The molecule has 17 heavy (non-hydrogen) atoms. The average Bonchev–Trinajstić information content (AvgIpc) is 2.28. The van der Waals surface area contributed by atoms with Crippen LogP contribution in [0.2, 0.25) is 0 Å². The molecule has 0 aliphatic carbocycles. The molecule has 1 N–H and O–H groups in total. The predicted molar refractivity (Wildman–Crippen MR) is 62.5 cm³/mol. The molecule has 0 fully saturated rings. The first-order valence-electron chi connectivity index (χ1n) is 5.56. The lowest BCUT2D eigenvalue weighted by Crippen LogP contribution is -2.11. The largest absolute Gasteiger partial charge is 0.477 e. The van der Waals surface area contributed by atoms with E-state index in [4.69, 9.17) is 14.6 Å². The zero-order valence-corrected chi connectivity index (χ0v) is 10.1. The first-order valence-corrected chi connectivity index (χ1v) is 5.56. The Balaban J connectivity index is 2.56. The first kappa shape index (κ1) is 13.4. The Labute approximate surface area is 100 Å². The van der Waals surface area contributed by atoms with Crippen LogP contribution in [0, 0.1) is 6.92 Å². The highest BCUT2D eigenvalue weighted by Gasteiger charge is 2.12. The van der Waals surface area contributed by atoms with Crippen molar-refractivity contribution in [1.29, 1.82) is 0 Å². The highest BCUT2D eigenvalue weighted by atomic mass is 16.5. The molecule has 1 aromatic rings. The molecule has 94 valence electrons. The van der Waals surface area contributed by atoms with E-state index in [0.717, 1.165) is 12.1 Å². The Morgan fingerprint density at radius 1 is 1.35 bits per heavy atom. The number of aromatic carboxylic acids is 1. The fraction of sp³-hybridized carbons (Fsp3) is 0.500. The Hall–Kier alpha value is -1.62. The summed E-state index contributed by atoms with van der Waals surface area (Å²) in [4.78, 5) is 15.0. The fourth-order valence-corrected chi connectivity index (χ4v) is 1.25. The van der Waals surface area contributed by atoms with Crippen LogP contribution in [0.1, 0.15) is 29.4 Å². The molecular weight excluding hydrogens is 222 g/mol. The Bertz CT molecular complexity index is 379. The van der Waals surface area contributed by atoms with Gasteiger partial charge in [0.25, 0.3) is 0 Å². The number of carbonyl (C=O) groups is 1. The van der Waals surface area contributed by atoms with E-state index in [1.165, 1.54) is 6.07 Å². The zero-order chi connectivity index (χ0) is 12.7. The highest BCUT2D eigenvalue weighted by molar-refractivity contribution is 5.90. The van der Waals surface area contributed by atoms with Gasteiger partial charge in [0, 0.05) is 12.3 Å². The van der Waals surface area contributed by atoms with E-state index in [-0.39, 0.29) is 11.4 Å². The van der Waals surface area contributed by atoms with E-state index >= 15 is 0 Å². The number of pyridine rings is 1. The van der Waals surface area contributed by atoms with Gasteiger partial charge < -0.3 is 14.6 Å². The predicted octanol–water partition coefficient (Wildman–Crippen LogP) is 1.89. The van der Waals surface area contributed by atoms with Crippen molar-refractivity contribution in [2.24, 2.45) is 0 Å². The zero-order valence-electron chi connectivity index (χ0n) is 10.1. The van der Waals surface area contributed by atoms with Gasteiger partial charge in [-0.1, -0.05) is 6.92 Å². The number of rotatable bonds is 7. The van der Waals surface area contributed by atoms with Crippen LogP contribution in [0.25, 0.3) is 0 Å². The number of aromatic nitrogens is 1. The highest BCUT2D eigenvalue weighted by Crippen LogP contribution is 2.15. The minimum Gasteiger partial charge on any atom is -0.477 e. The summed E-state index contributed by atoms with van der Waals surface area (Å²) in [6.07, 6.45) is 0.947. The summed E-state index contributed by atoms with van der Waals surface area (Å²) in [6, 6.07) is 3.14. The molecule has 1 aromatic heterocycles. The van der Waals surface area contributed by atoms with Gasteiger partial charge >= 0.3 is 5.97 Å². The van der Waals surface area contributed by atoms with Gasteiger partial charge in [0.05, 0.1) is 6.61 Å². The summed E-state index contributed by atoms with van der Waals surface area (Å²) < 4.78 is 10.5. The monoisotopic (exact) mass is 239 g/mol. The second kappa shape index (κ2) is 6.85. The molecule has 0 saturated carbocycles. The molecule has 5 nitrogen and oxygen atoms in total. The Morgan fingerprint density at radius 2 is 2.12 bits per heavy atom. The summed E-state index contributed by atoms with van der Waals surface area (Å²) in [5, 5.41) is 8.95. The topological polar surface area (TPSA) is 68.7 Å². The molecule has 0 aliphatic rings. The first-order chi connectivity index (χ1) is 8.15. The van der Waals surface area contributed by atoms with Crippen LogP contribution < -0.4 is 4.74 Å². The SMILES string of the molecule is CCCOCCOc1nc(C)ccc1C(=O)O. The molecule has 1 heterocycles. The summed E-state index contributed by atoms with van der Waals surface area (Å²) >= 11 is 0. The summed E-state index contributed by atoms with van der Waals surface area (Å²) in [6.45, 7) is 5.22. The normalized spacial score (nSPS) is 10.2. The third-order valence-electron chi connectivity index (χ3n) is 2.04. The van der Waals surface area contributed by atoms with Crippen LogP contribution in [0.4, 0.5) is 0 Å². The third-order valence-corrected chi connectivity index (χ3v) is 2.04. The van der Waals surface area contributed by atoms with E-state index in [0.29, 0.717) is 19.8 Å². The average molecular weight is 239 g/mol. The lowest BCUT2D eigenvalue weighted by Gasteiger charge is -2.08. The van der Waals surface area contributed by atoms with Crippen molar-refractivity contribution in [3.05, 3.63) is 23.4 Å². The van der Waals surface area contributed by atoms with Crippen molar-refractivity contribution in [3.63, 3.8) is 0 Å².